The Morgan fingerprint density at radius 2 is 1.81 bits per heavy atom. The molecule has 0 spiro atoms. The lowest BCUT2D eigenvalue weighted by Gasteiger charge is -2.27. The normalized spacial score (nSPS) is 12.2. The van der Waals surface area contributed by atoms with Crippen LogP contribution in [-0.4, -0.2) is 23.2 Å². The lowest BCUT2D eigenvalue weighted by molar-refractivity contribution is -0.905. The van der Waals surface area contributed by atoms with Gasteiger partial charge in [-0.25, -0.2) is 0 Å². The van der Waals surface area contributed by atoms with Crippen molar-refractivity contribution in [2.75, 3.05) is 7.05 Å². The average Bonchev–Trinajstić information content (AvgIpc) is 2.29. The number of hydrogen-bond donors (Lipinski definition) is 1. The minimum Gasteiger partial charge on any atom is -0.297 e. The van der Waals surface area contributed by atoms with Gasteiger partial charge in [0.2, 0.25) is 12.4 Å². The molecule has 92 valence electrons. The van der Waals surface area contributed by atoms with Crippen molar-refractivity contribution >= 4 is 0 Å². The summed E-state index contributed by atoms with van der Waals surface area (Å²) in [6.07, 6.45) is 3.36. The lowest BCUT2D eigenvalue weighted by Crippen LogP contribution is -2.33. The Balaban J connectivity index is 0.00000106. The van der Waals surface area contributed by atoms with E-state index in [2.05, 4.69) is 32.7 Å². The van der Waals surface area contributed by atoms with Gasteiger partial charge < -0.3 is 0 Å². The van der Waals surface area contributed by atoms with Gasteiger partial charge in [-0.1, -0.05) is 13.8 Å². The van der Waals surface area contributed by atoms with Crippen molar-refractivity contribution < 1.29 is 9.94 Å². The molecular formula is C13H25N2O+. The van der Waals surface area contributed by atoms with Gasteiger partial charge in [0.15, 0.2) is 0 Å². The maximum Gasteiger partial charge on any atom is 0.227 e. The molecule has 0 aliphatic carbocycles. The summed E-state index contributed by atoms with van der Waals surface area (Å²) in [5.41, 5.74) is 1.12. The highest BCUT2D eigenvalue weighted by molar-refractivity contribution is 5.10. The van der Waals surface area contributed by atoms with Gasteiger partial charge in [0.1, 0.15) is 0 Å². The maximum atomic E-state index is 9.28. The molecule has 3 nitrogen and oxygen atoms in total. The van der Waals surface area contributed by atoms with E-state index in [1.165, 1.54) is 0 Å². The molecule has 0 aromatic carbocycles. The fraction of sp³-hybridized carbons (Fsp3) is 0.615. The molecule has 0 aliphatic heterocycles. The van der Waals surface area contributed by atoms with Crippen LogP contribution < -0.4 is 4.73 Å². The Hall–Kier alpha value is -1.09. The van der Waals surface area contributed by atoms with Crippen LogP contribution in [0.1, 0.15) is 46.2 Å². The quantitative estimate of drug-likeness (QED) is 0.632. The first kappa shape index (κ1) is 14.9. The molecule has 1 heterocycles. The molecule has 0 saturated heterocycles. The summed E-state index contributed by atoms with van der Waals surface area (Å²) in [5.74, 6) is 0. The van der Waals surface area contributed by atoms with Crippen LogP contribution in [0.2, 0.25) is 0 Å². The molecule has 0 saturated carbocycles. The van der Waals surface area contributed by atoms with Crippen LogP contribution in [0.25, 0.3) is 0 Å². The van der Waals surface area contributed by atoms with Crippen molar-refractivity contribution in [1.82, 2.24) is 4.90 Å². The second-order valence-corrected chi connectivity index (χ2v) is 3.95. The highest BCUT2D eigenvalue weighted by atomic mass is 16.5. The number of hydrogen-bond acceptors (Lipinski definition) is 2. The highest BCUT2D eigenvalue weighted by Gasteiger charge is 2.16. The van der Waals surface area contributed by atoms with E-state index in [4.69, 9.17) is 0 Å². The van der Waals surface area contributed by atoms with E-state index in [1.807, 2.05) is 26.0 Å². The van der Waals surface area contributed by atoms with Crippen LogP contribution in [0.15, 0.2) is 24.5 Å². The summed E-state index contributed by atoms with van der Waals surface area (Å²) in [6.45, 7) is 10.5. The summed E-state index contributed by atoms with van der Waals surface area (Å²) in [6, 6.07) is 4.68. The van der Waals surface area contributed by atoms with Crippen LogP contribution in [0.5, 0.6) is 0 Å². The minimum atomic E-state index is 0.314. The molecule has 16 heavy (non-hydrogen) atoms. The van der Waals surface area contributed by atoms with E-state index in [0.29, 0.717) is 12.1 Å². The number of pyridine rings is 1. The Labute approximate surface area is 99.3 Å². The molecule has 0 amide bonds. The van der Waals surface area contributed by atoms with Crippen molar-refractivity contribution in [3.63, 3.8) is 0 Å². The molecule has 1 rings (SSSR count). The highest BCUT2D eigenvalue weighted by Crippen LogP contribution is 2.18. The molecule has 3 heteroatoms. The zero-order chi connectivity index (χ0) is 12.7. The smallest absolute Gasteiger partial charge is 0.227 e. The van der Waals surface area contributed by atoms with Gasteiger partial charge in [0.05, 0.1) is 0 Å². The van der Waals surface area contributed by atoms with Gasteiger partial charge in [-0.3, -0.25) is 10.1 Å². The monoisotopic (exact) mass is 225 g/mol. The first-order chi connectivity index (χ1) is 7.52. The van der Waals surface area contributed by atoms with Gasteiger partial charge >= 0.3 is 0 Å². The topological polar surface area (TPSA) is 27.4 Å². The van der Waals surface area contributed by atoms with E-state index in [-0.39, 0.29) is 0 Å². The van der Waals surface area contributed by atoms with Crippen LogP contribution in [0, 0.1) is 0 Å². The summed E-state index contributed by atoms with van der Waals surface area (Å²) in [5, 5.41) is 9.28. The Morgan fingerprint density at radius 3 is 2.25 bits per heavy atom. The van der Waals surface area contributed by atoms with Crippen LogP contribution >= 0.6 is 0 Å². The Kier molecular flexibility index (Phi) is 6.74. The number of nitrogens with zero attached hydrogens (tertiary/aromatic N) is 2. The van der Waals surface area contributed by atoms with Gasteiger partial charge in [0, 0.05) is 28.4 Å². The number of aromatic nitrogens is 1. The van der Waals surface area contributed by atoms with Gasteiger partial charge in [-0.05, 0) is 33.9 Å². The van der Waals surface area contributed by atoms with Crippen LogP contribution in [0.4, 0.5) is 0 Å². The molecule has 0 fully saturated rings. The molecule has 0 radical (unpaired) electrons. The van der Waals surface area contributed by atoms with Crippen molar-refractivity contribution in [3.05, 3.63) is 30.1 Å². The second kappa shape index (κ2) is 7.23. The van der Waals surface area contributed by atoms with E-state index >= 15 is 0 Å². The van der Waals surface area contributed by atoms with Crippen molar-refractivity contribution in [2.45, 2.75) is 46.7 Å². The average molecular weight is 225 g/mol. The molecule has 1 N–H and O–H groups in total. The first-order valence-corrected chi connectivity index (χ1v) is 5.94. The Morgan fingerprint density at radius 1 is 1.25 bits per heavy atom. The molecule has 1 unspecified atom stereocenters. The number of rotatable bonds is 3. The summed E-state index contributed by atoms with van der Waals surface area (Å²) in [7, 11) is 2.09. The fourth-order valence-corrected chi connectivity index (χ4v) is 1.41. The summed E-state index contributed by atoms with van der Waals surface area (Å²) >= 11 is 0. The van der Waals surface area contributed by atoms with Crippen LogP contribution in [0.3, 0.4) is 0 Å². The van der Waals surface area contributed by atoms with Crippen molar-refractivity contribution in [2.24, 2.45) is 0 Å². The van der Waals surface area contributed by atoms with Crippen molar-refractivity contribution in [3.8, 4) is 0 Å². The first-order valence-electron chi connectivity index (χ1n) is 5.94. The molecule has 1 aromatic rings. The largest absolute Gasteiger partial charge is 0.297 e. The maximum absolute atomic E-state index is 9.28. The van der Waals surface area contributed by atoms with Gasteiger partial charge in [0.25, 0.3) is 0 Å². The lowest BCUT2D eigenvalue weighted by atomic mass is 10.1. The molecule has 0 aliphatic rings. The molecule has 1 aromatic heterocycles. The third-order valence-corrected chi connectivity index (χ3v) is 2.72. The van der Waals surface area contributed by atoms with E-state index < -0.39 is 0 Å². The van der Waals surface area contributed by atoms with Gasteiger partial charge in [-0.2, -0.15) is 0 Å². The summed E-state index contributed by atoms with van der Waals surface area (Å²) in [4.78, 5) is 2.26. The van der Waals surface area contributed by atoms with Gasteiger partial charge in [-0.15, -0.1) is 0 Å². The minimum absolute atomic E-state index is 0.314. The SMILES string of the molecule is CC.CC(C)N(C)C(C)c1ccc[n+](O)c1. The molecular weight excluding hydrogens is 200 g/mol. The predicted molar refractivity (Wildman–Crippen MR) is 66.5 cm³/mol. The van der Waals surface area contributed by atoms with Crippen LogP contribution in [-0.2, 0) is 0 Å². The second-order valence-electron chi connectivity index (χ2n) is 3.95. The van der Waals surface area contributed by atoms with E-state index in [0.717, 1.165) is 10.3 Å². The predicted octanol–water partition coefficient (Wildman–Crippen LogP) is 2.64. The van der Waals surface area contributed by atoms with E-state index in [9.17, 15) is 5.21 Å². The van der Waals surface area contributed by atoms with Crippen molar-refractivity contribution in [1.29, 1.82) is 0 Å². The standard InChI is InChI=1S/C11H19N2O.C2H6/c1-9(2)12(4)10(3)11-6-5-7-13(14)8-11;1-2/h5-10,14H,1-4H3;1-2H3/q+1;. The zero-order valence-corrected chi connectivity index (χ0v) is 11.3. The molecule has 1 atom stereocenters. The molecule has 0 bridgehead atoms. The summed E-state index contributed by atoms with van der Waals surface area (Å²) < 4.78 is 1.10. The fourth-order valence-electron chi connectivity index (χ4n) is 1.41. The third kappa shape index (κ3) is 4.19. The zero-order valence-electron chi connectivity index (χ0n) is 11.3. The van der Waals surface area contributed by atoms with E-state index in [1.54, 1.807) is 12.4 Å². The Bertz CT molecular complexity index is 300. The third-order valence-electron chi connectivity index (χ3n) is 2.72.